The fourth-order valence-corrected chi connectivity index (χ4v) is 0.792. The first-order valence-electron chi connectivity index (χ1n) is 3.38. The fraction of sp³-hybridized carbons (Fsp3) is 0.286. The zero-order chi connectivity index (χ0) is 8.10. The number of hydrogen-bond donors (Lipinski definition) is 2. The van der Waals surface area contributed by atoms with E-state index in [0.717, 1.165) is 12.4 Å². The van der Waals surface area contributed by atoms with Gasteiger partial charge in [-0.15, -0.1) is 0 Å². The molecule has 3 N–H and O–H groups in total. The molecular formula is C7H10ClN3. The Kier molecular flexibility index (Phi) is 3.14. The van der Waals surface area contributed by atoms with Gasteiger partial charge in [0, 0.05) is 19.3 Å². The zero-order valence-corrected chi connectivity index (χ0v) is 6.80. The minimum absolute atomic E-state index is 0.601. The van der Waals surface area contributed by atoms with Crippen molar-refractivity contribution in [3.8, 4) is 0 Å². The molecule has 0 unspecified atom stereocenters. The molecule has 0 aromatic carbocycles. The van der Waals surface area contributed by atoms with Gasteiger partial charge in [0.2, 0.25) is 0 Å². The van der Waals surface area contributed by atoms with E-state index in [9.17, 15) is 0 Å². The lowest BCUT2D eigenvalue weighted by Crippen LogP contribution is -2.13. The van der Waals surface area contributed by atoms with Crippen LogP contribution in [0, 0.1) is 0 Å². The summed E-state index contributed by atoms with van der Waals surface area (Å²) in [7, 11) is 0. The molecule has 0 atom stereocenters. The number of hydrogen-bond acceptors (Lipinski definition) is 3. The van der Waals surface area contributed by atoms with Crippen molar-refractivity contribution in [3.63, 3.8) is 0 Å². The van der Waals surface area contributed by atoms with Gasteiger partial charge in [0.15, 0.2) is 0 Å². The van der Waals surface area contributed by atoms with E-state index in [1.165, 1.54) is 0 Å². The molecule has 0 aliphatic carbocycles. The molecular weight excluding hydrogens is 162 g/mol. The summed E-state index contributed by atoms with van der Waals surface area (Å²) in [5, 5.41) is 3.67. The highest BCUT2D eigenvalue weighted by Crippen LogP contribution is 2.08. The Balaban J connectivity index is 2.52. The van der Waals surface area contributed by atoms with Crippen molar-refractivity contribution in [2.45, 2.75) is 0 Å². The summed E-state index contributed by atoms with van der Waals surface area (Å²) in [5.74, 6) is 0.805. The topological polar surface area (TPSA) is 50.9 Å². The minimum Gasteiger partial charge on any atom is -0.369 e. The average molecular weight is 172 g/mol. The van der Waals surface area contributed by atoms with Gasteiger partial charge in [-0.25, -0.2) is 4.98 Å². The van der Waals surface area contributed by atoms with Crippen LogP contribution in [0.3, 0.4) is 0 Å². The molecule has 60 valence electrons. The monoisotopic (exact) mass is 171 g/mol. The average Bonchev–Trinajstić information content (AvgIpc) is 2.04. The van der Waals surface area contributed by atoms with Crippen molar-refractivity contribution in [3.05, 3.63) is 23.4 Å². The molecule has 0 saturated heterocycles. The normalized spacial score (nSPS) is 9.64. The van der Waals surface area contributed by atoms with Crippen LogP contribution in [-0.2, 0) is 0 Å². The Bertz CT molecular complexity index is 209. The van der Waals surface area contributed by atoms with E-state index in [1.807, 2.05) is 6.07 Å². The van der Waals surface area contributed by atoms with Gasteiger partial charge in [-0.3, -0.25) is 0 Å². The SMILES string of the molecule is NCCNc1ccc(Cl)cn1. The Morgan fingerprint density at radius 1 is 1.55 bits per heavy atom. The molecule has 1 aromatic heterocycles. The first-order valence-corrected chi connectivity index (χ1v) is 3.76. The third-order valence-electron chi connectivity index (χ3n) is 1.18. The Morgan fingerprint density at radius 2 is 2.36 bits per heavy atom. The summed E-state index contributed by atoms with van der Waals surface area (Å²) >= 11 is 5.63. The van der Waals surface area contributed by atoms with Crippen LogP contribution in [0.5, 0.6) is 0 Å². The van der Waals surface area contributed by atoms with E-state index in [-0.39, 0.29) is 0 Å². The van der Waals surface area contributed by atoms with Crippen LogP contribution in [0.15, 0.2) is 18.3 Å². The van der Waals surface area contributed by atoms with Crippen LogP contribution in [-0.4, -0.2) is 18.1 Å². The van der Waals surface area contributed by atoms with Gasteiger partial charge in [0.05, 0.1) is 5.02 Å². The molecule has 11 heavy (non-hydrogen) atoms. The molecule has 0 fully saturated rings. The number of halogens is 1. The third kappa shape index (κ3) is 2.74. The summed E-state index contributed by atoms with van der Waals surface area (Å²) in [4.78, 5) is 4.02. The number of nitrogens with zero attached hydrogens (tertiary/aromatic N) is 1. The summed E-state index contributed by atoms with van der Waals surface area (Å²) in [6.07, 6.45) is 1.60. The van der Waals surface area contributed by atoms with Gasteiger partial charge in [-0.2, -0.15) is 0 Å². The van der Waals surface area contributed by atoms with Gasteiger partial charge in [0.1, 0.15) is 5.82 Å². The van der Waals surface area contributed by atoms with E-state index in [1.54, 1.807) is 12.3 Å². The predicted molar refractivity (Wildman–Crippen MR) is 46.8 cm³/mol. The minimum atomic E-state index is 0.601. The van der Waals surface area contributed by atoms with Gasteiger partial charge < -0.3 is 11.1 Å². The van der Waals surface area contributed by atoms with Gasteiger partial charge >= 0.3 is 0 Å². The molecule has 0 radical (unpaired) electrons. The third-order valence-corrected chi connectivity index (χ3v) is 1.40. The Hall–Kier alpha value is -0.800. The summed E-state index contributed by atoms with van der Waals surface area (Å²) < 4.78 is 0. The van der Waals surface area contributed by atoms with Crippen LogP contribution in [0.1, 0.15) is 0 Å². The number of anilines is 1. The van der Waals surface area contributed by atoms with Crippen molar-refractivity contribution in [1.29, 1.82) is 0 Å². The second kappa shape index (κ2) is 4.16. The van der Waals surface area contributed by atoms with Crippen LogP contribution in [0.4, 0.5) is 5.82 Å². The first kappa shape index (κ1) is 8.30. The van der Waals surface area contributed by atoms with Crippen LogP contribution in [0.2, 0.25) is 5.02 Å². The largest absolute Gasteiger partial charge is 0.369 e. The molecule has 1 heterocycles. The lowest BCUT2D eigenvalue weighted by Gasteiger charge is -2.01. The second-order valence-corrected chi connectivity index (χ2v) is 2.51. The number of nitrogens with two attached hydrogens (primary N) is 1. The predicted octanol–water partition coefficient (Wildman–Crippen LogP) is 1.11. The number of pyridine rings is 1. The number of aromatic nitrogens is 1. The maximum absolute atomic E-state index is 5.63. The summed E-state index contributed by atoms with van der Waals surface area (Å²) in [6.45, 7) is 1.33. The van der Waals surface area contributed by atoms with Gasteiger partial charge in [0.25, 0.3) is 0 Å². The molecule has 0 aliphatic rings. The smallest absolute Gasteiger partial charge is 0.126 e. The molecule has 0 spiro atoms. The highest BCUT2D eigenvalue weighted by atomic mass is 35.5. The fourth-order valence-electron chi connectivity index (χ4n) is 0.681. The molecule has 4 heteroatoms. The zero-order valence-electron chi connectivity index (χ0n) is 6.05. The number of rotatable bonds is 3. The van der Waals surface area contributed by atoms with Gasteiger partial charge in [-0.1, -0.05) is 11.6 Å². The Morgan fingerprint density at radius 3 is 2.91 bits per heavy atom. The summed E-state index contributed by atoms with van der Waals surface area (Å²) in [6, 6.07) is 3.60. The van der Waals surface area contributed by atoms with Gasteiger partial charge in [-0.05, 0) is 12.1 Å². The Labute approximate surface area is 70.6 Å². The standard InChI is InChI=1S/C7H10ClN3/c8-6-1-2-7(11-5-6)10-4-3-9/h1-2,5H,3-4,9H2,(H,10,11). The first-order chi connectivity index (χ1) is 5.33. The molecule has 1 rings (SSSR count). The van der Waals surface area contributed by atoms with E-state index >= 15 is 0 Å². The van der Waals surface area contributed by atoms with Crippen LogP contribution in [0.25, 0.3) is 0 Å². The number of nitrogens with one attached hydrogen (secondary N) is 1. The molecule has 0 saturated carbocycles. The van der Waals surface area contributed by atoms with Crippen molar-refractivity contribution < 1.29 is 0 Å². The summed E-state index contributed by atoms with van der Waals surface area (Å²) in [5.41, 5.74) is 5.29. The quantitative estimate of drug-likeness (QED) is 0.717. The maximum atomic E-state index is 5.63. The molecule has 0 amide bonds. The highest BCUT2D eigenvalue weighted by Gasteiger charge is 1.90. The lowest BCUT2D eigenvalue weighted by atomic mass is 10.4. The molecule has 1 aromatic rings. The van der Waals surface area contributed by atoms with E-state index < -0.39 is 0 Å². The van der Waals surface area contributed by atoms with Crippen molar-refractivity contribution in [1.82, 2.24) is 4.98 Å². The van der Waals surface area contributed by atoms with Crippen LogP contribution < -0.4 is 11.1 Å². The van der Waals surface area contributed by atoms with E-state index in [0.29, 0.717) is 11.6 Å². The highest BCUT2D eigenvalue weighted by molar-refractivity contribution is 6.30. The van der Waals surface area contributed by atoms with Crippen molar-refractivity contribution in [2.24, 2.45) is 5.73 Å². The van der Waals surface area contributed by atoms with Crippen LogP contribution >= 0.6 is 11.6 Å². The molecule has 0 aliphatic heterocycles. The lowest BCUT2D eigenvalue weighted by molar-refractivity contribution is 1.01. The van der Waals surface area contributed by atoms with Crippen molar-refractivity contribution in [2.75, 3.05) is 18.4 Å². The van der Waals surface area contributed by atoms with Crippen molar-refractivity contribution >= 4 is 17.4 Å². The molecule has 3 nitrogen and oxygen atoms in total. The second-order valence-electron chi connectivity index (χ2n) is 2.08. The maximum Gasteiger partial charge on any atom is 0.126 e. The molecule has 0 bridgehead atoms. The van der Waals surface area contributed by atoms with E-state index in [4.69, 9.17) is 17.3 Å². The van der Waals surface area contributed by atoms with E-state index in [2.05, 4.69) is 10.3 Å².